The number of para-hydroxylation sites is 2. The largest absolute Gasteiger partial charge is 0.453 e. The van der Waals surface area contributed by atoms with Crippen molar-refractivity contribution in [2.45, 2.75) is 0 Å². The van der Waals surface area contributed by atoms with Crippen LogP contribution < -0.4 is 0 Å². The molecule has 3 aromatic heterocycles. The van der Waals surface area contributed by atoms with E-state index >= 15 is 0 Å². The predicted molar refractivity (Wildman–Crippen MR) is 213 cm³/mol. The molecule has 0 atom stereocenters. The smallest absolute Gasteiger partial charge is 0.164 e. The zero-order valence-electron chi connectivity index (χ0n) is 27.9. The summed E-state index contributed by atoms with van der Waals surface area (Å²) in [4.78, 5) is 15.2. The maximum atomic E-state index is 7.01. The molecule has 0 fully saturated rings. The monoisotopic (exact) mass is 664 g/mol. The minimum Gasteiger partial charge on any atom is -0.453 e. The Morgan fingerprint density at radius 1 is 0.365 bits per heavy atom. The van der Waals surface area contributed by atoms with Crippen LogP contribution >= 0.6 is 0 Å². The lowest BCUT2D eigenvalue weighted by molar-refractivity contribution is 0.670. The summed E-state index contributed by atoms with van der Waals surface area (Å²) in [5.41, 5.74) is 7.76. The van der Waals surface area contributed by atoms with E-state index in [0.29, 0.717) is 17.5 Å². The molecule has 0 saturated heterocycles. The average molecular weight is 665 g/mol. The van der Waals surface area contributed by atoms with Gasteiger partial charge in [-0.05, 0) is 46.5 Å². The van der Waals surface area contributed by atoms with Gasteiger partial charge in [0.05, 0.1) is 16.7 Å². The van der Waals surface area contributed by atoms with Crippen LogP contribution in [0.1, 0.15) is 0 Å². The van der Waals surface area contributed by atoms with E-state index in [-0.39, 0.29) is 0 Å². The Morgan fingerprint density at radius 3 is 1.65 bits per heavy atom. The first-order valence-corrected chi connectivity index (χ1v) is 17.5. The summed E-state index contributed by atoms with van der Waals surface area (Å²) in [7, 11) is 0. The fraction of sp³-hybridized carbons (Fsp3) is 0. The molecule has 52 heavy (non-hydrogen) atoms. The molecule has 0 bridgehead atoms. The summed E-state index contributed by atoms with van der Waals surface area (Å²) in [6.07, 6.45) is 0. The quantitative estimate of drug-likeness (QED) is 0.188. The number of hydrogen-bond donors (Lipinski definition) is 0. The molecule has 0 saturated carbocycles. The van der Waals surface area contributed by atoms with E-state index < -0.39 is 0 Å². The zero-order valence-corrected chi connectivity index (χ0v) is 27.9. The second-order valence-corrected chi connectivity index (χ2v) is 13.2. The molecule has 11 rings (SSSR count). The fourth-order valence-corrected chi connectivity index (χ4v) is 7.81. The van der Waals surface area contributed by atoms with Gasteiger partial charge in [-0.3, -0.25) is 0 Å². The third-order valence-corrected chi connectivity index (χ3v) is 10.2. The van der Waals surface area contributed by atoms with E-state index in [2.05, 4.69) is 114 Å². The van der Waals surface area contributed by atoms with Crippen molar-refractivity contribution in [2.24, 2.45) is 0 Å². The van der Waals surface area contributed by atoms with Crippen molar-refractivity contribution in [3.8, 4) is 39.9 Å². The predicted octanol–water partition coefficient (Wildman–Crippen LogP) is 12.2. The van der Waals surface area contributed by atoms with Gasteiger partial charge in [0.25, 0.3) is 0 Å². The second-order valence-electron chi connectivity index (χ2n) is 13.2. The SMILES string of the molecule is c1ccc(-c2nc(-c3ccccc3)nc(-c3cc4c5cccc(-n6c7ccccc7c7cc8ccccc8cc76)c5oc4c4ccccc34)n2)cc1. The first-order chi connectivity index (χ1) is 25.8. The molecule has 0 aliphatic heterocycles. The molecule has 3 heterocycles. The van der Waals surface area contributed by atoms with Crippen molar-refractivity contribution < 1.29 is 4.42 Å². The number of fused-ring (bicyclic) bond motifs is 9. The topological polar surface area (TPSA) is 56.7 Å². The molecule has 0 aliphatic rings. The Labute approximate surface area is 298 Å². The molecular weight excluding hydrogens is 637 g/mol. The molecule has 0 aliphatic carbocycles. The van der Waals surface area contributed by atoms with E-state index in [0.717, 1.165) is 66.1 Å². The third kappa shape index (κ3) is 4.33. The highest BCUT2D eigenvalue weighted by molar-refractivity contribution is 6.21. The highest BCUT2D eigenvalue weighted by Gasteiger charge is 2.22. The van der Waals surface area contributed by atoms with Gasteiger partial charge in [-0.1, -0.05) is 140 Å². The molecular formula is C47H28N4O. The summed E-state index contributed by atoms with van der Waals surface area (Å²) in [5.74, 6) is 1.88. The lowest BCUT2D eigenvalue weighted by atomic mass is 9.99. The number of furan rings is 1. The molecule has 0 radical (unpaired) electrons. The number of aromatic nitrogens is 4. The van der Waals surface area contributed by atoms with Gasteiger partial charge in [-0.15, -0.1) is 0 Å². The van der Waals surface area contributed by atoms with Crippen LogP contribution in [0.2, 0.25) is 0 Å². The molecule has 0 amide bonds. The standard InChI is InChI=1S/C47H28N4O/c1-3-14-29(15-4-1)45-48-46(30-16-5-2-6-17-30)50-47(49-45)39-28-38-36-23-13-25-41(44(36)52-43(38)35-22-10-9-20-33(35)39)51-40-24-12-11-21-34(40)37-26-31-18-7-8-19-32(31)27-42(37)51/h1-28H. The highest BCUT2D eigenvalue weighted by atomic mass is 16.3. The van der Waals surface area contributed by atoms with Gasteiger partial charge < -0.3 is 8.98 Å². The van der Waals surface area contributed by atoms with Crippen LogP contribution in [0.5, 0.6) is 0 Å². The fourth-order valence-electron chi connectivity index (χ4n) is 7.81. The molecule has 5 nitrogen and oxygen atoms in total. The summed E-state index contributed by atoms with van der Waals surface area (Å²) < 4.78 is 9.37. The molecule has 0 unspecified atom stereocenters. The van der Waals surface area contributed by atoms with Gasteiger partial charge in [0.1, 0.15) is 5.58 Å². The van der Waals surface area contributed by atoms with E-state index in [9.17, 15) is 0 Å². The number of rotatable bonds is 4. The number of nitrogens with zero attached hydrogens (tertiary/aromatic N) is 4. The molecule has 242 valence electrons. The number of hydrogen-bond acceptors (Lipinski definition) is 4. The molecule has 0 spiro atoms. The van der Waals surface area contributed by atoms with Crippen molar-refractivity contribution in [3.05, 3.63) is 170 Å². The Kier molecular flexibility index (Phi) is 6.18. The van der Waals surface area contributed by atoms with Crippen LogP contribution in [0.4, 0.5) is 0 Å². The third-order valence-electron chi connectivity index (χ3n) is 10.2. The maximum absolute atomic E-state index is 7.01. The van der Waals surface area contributed by atoms with Gasteiger partial charge in [0.2, 0.25) is 0 Å². The van der Waals surface area contributed by atoms with E-state index in [1.165, 1.54) is 21.5 Å². The Hall–Kier alpha value is -7.11. The molecule has 5 heteroatoms. The van der Waals surface area contributed by atoms with Crippen LogP contribution in [-0.2, 0) is 0 Å². The van der Waals surface area contributed by atoms with Crippen LogP contribution in [-0.4, -0.2) is 19.5 Å². The van der Waals surface area contributed by atoms with Gasteiger partial charge in [0.15, 0.2) is 23.1 Å². The molecule has 11 aromatic rings. The van der Waals surface area contributed by atoms with E-state index in [1.54, 1.807) is 0 Å². The Morgan fingerprint density at radius 2 is 0.923 bits per heavy atom. The normalized spacial score (nSPS) is 11.8. The van der Waals surface area contributed by atoms with Gasteiger partial charge in [-0.2, -0.15) is 0 Å². The van der Waals surface area contributed by atoms with Crippen molar-refractivity contribution in [3.63, 3.8) is 0 Å². The lowest BCUT2D eigenvalue weighted by Crippen LogP contribution is -2.00. The molecule has 8 aromatic carbocycles. The maximum Gasteiger partial charge on any atom is 0.164 e. The first kappa shape index (κ1) is 28.7. The number of benzene rings is 8. The summed E-state index contributed by atoms with van der Waals surface area (Å²) >= 11 is 0. The lowest BCUT2D eigenvalue weighted by Gasteiger charge is -2.11. The zero-order chi connectivity index (χ0) is 34.2. The first-order valence-electron chi connectivity index (χ1n) is 17.5. The minimum absolute atomic E-state index is 0.616. The van der Waals surface area contributed by atoms with Crippen LogP contribution in [0.3, 0.4) is 0 Å². The van der Waals surface area contributed by atoms with Gasteiger partial charge in [-0.25, -0.2) is 15.0 Å². The van der Waals surface area contributed by atoms with E-state index in [1.807, 2.05) is 60.7 Å². The highest BCUT2D eigenvalue weighted by Crippen LogP contribution is 2.43. The molecule has 0 N–H and O–H groups in total. The Bertz CT molecular complexity index is 3120. The average Bonchev–Trinajstić information content (AvgIpc) is 3.76. The second kappa shape index (κ2) is 11.2. The van der Waals surface area contributed by atoms with Gasteiger partial charge >= 0.3 is 0 Å². The van der Waals surface area contributed by atoms with Crippen LogP contribution in [0.25, 0.3) is 105 Å². The van der Waals surface area contributed by atoms with Gasteiger partial charge in [0, 0.05) is 43.6 Å². The summed E-state index contributed by atoms with van der Waals surface area (Å²) in [5, 5.41) is 8.93. The Balaban J connectivity index is 1.20. The van der Waals surface area contributed by atoms with Crippen molar-refractivity contribution >= 4 is 65.3 Å². The minimum atomic E-state index is 0.616. The summed E-state index contributed by atoms with van der Waals surface area (Å²) in [6, 6.07) is 59.1. The summed E-state index contributed by atoms with van der Waals surface area (Å²) in [6.45, 7) is 0. The van der Waals surface area contributed by atoms with E-state index in [4.69, 9.17) is 19.4 Å². The van der Waals surface area contributed by atoms with Crippen molar-refractivity contribution in [1.82, 2.24) is 19.5 Å². The van der Waals surface area contributed by atoms with Crippen molar-refractivity contribution in [1.29, 1.82) is 0 Å². The van der Waals surface area contributed by atoms with Crippen molar-refractivity contribution in [2.75, 3.05) is 0 Å². The van der Waals surface area contributed by atoms with Crippen LogP contribution in [0.15, 0.2) is 174 Å². The van der Waals surface area contributed by atoms with Crippen LogP contribution in [0, 0.1) is 0 Å².